The van der Waals surface area contributed by atoms with Crippen LogP contribution in [0.15, 0.2) is 67.4 Å². The van der Waals surface area contributed by atoms with Gasteiger partial charge in [-0.25, -0.2) is 14.6 Å². The molecule has 0 saturated carbocycles. The summed E-state index contributed by atoms with van der Waals surface area (Å²) in [6.07, 6.45) is 8.55. The number of nitrogens with zero attached hydrogens (tertiary/aromatic N) is 5. The number of halogens is 1. The molecule has 0 unspecified atom stereocenters. The Morgan fingerprint density at radius 3 is 2.70 bits per heavy atom. The van der Waals surface area contributed by atoms with E-state index in [2.05, 4.69) is 25.4 Å². The number of hydrogen-bond donors (Lipinski definition) is 1. The maximum absolute atomic E-state index is 6.32. The van der Waals surface area contributed by atoms with Gasteiger partial charge in [-0.05, 0) is 24.3 Å². The van der Waals surface area contributed by atoms with Crippen molar-refractivity contribution in [3.8, 4) is 22.7 Å². The number of methoxy groups -OCH3 is 1. The summed E-state index contributed by atoms with van der Waals surface area (Å²) in [5.41, 5.74) is 3.03. The lowest BCUT2D eigenvalue weighted by Crippen LogP contribution is -2.00. The van der Waals surface area contributed by atoms with E-state index >= 15 is 0 Å². The van der Waals surface area contributed by atoms with Gasteiger partial charge in [-0.15, -0.1) is 0 Å². The minimum absolute atomic E-state index is 0.413. The average Bonchev–Trinajstić information content (AvgIpc) is 3.20. The van der Waals surface area contributed by atoms with Crippen molar-refractivity contribution in [2.24, 2.45) is 0 Å². The van der Waals surface area contributed by atoms with Gasteiger partial charge in [0.05, 0.1) is 41.6 Å². The first-order chi connectivity index (χ1) is 13.2. The second-order valence-corrected chi connectivity index (χ2v) is 6.00. The lowest BCUT2D eigenvalue weighted by molar-refractivity contribution is 0.417. The lowest BCUT2D eigenvalue weighted by Gasteiger charge is -2.10. The fourth-order valence-electron chi connectivity index (χ4n) is 2.58. The van der Waals surface area contributed by atoms with Crippen LogP contribution in [-0.2, 0) is 0 Å². The molecule has 0 amide bonds. The Labute approximate surface area is 160 Å². The number of para-hydroxylation sites is 2. The molecule has 27 heavy (non-hydrogen) atoms. The van der Waals surface area contributed by atoms with E-state index in [4.69, 9.17) is 16.3 Å². The molecule has 0 atom stereocenters. The Balaban J connectivity index is 1.66. The third-order valence-corrected chi connectivity index (χ3v) is 4.16. The van der Waals surface area contributed by atoms with E-state index in [9.17, 15) is 0 Å². The molecule has 7 nitrogen and oxygen atoms in total. The molecule has 1 N–H and O–H groups in total. The molecule has 4 aromatic rings. The van der Waals surface area contributed by atoms with Gasteiger partial charge in [0.2, 0.25) is 5.95 Å². The Morgan fingerprint density at radius 1 is 1.07 bits per heavy atom. The number of hydrogen-bond acceptors (Lipinski definition) is 6. The Hall–Kier alpha value is -3.45. The van der Waals surface area contributed by atoms with Gasteiger partial charge < -0.3 is 10.1 Å². The van der Waals surface area contributed by atoms with Gasteiger partial charge in [-0.3, -0.25) is 4.98 Å². The second-order valence-electron chi connectivity index (χ2n) is 5.59. The SMILES string of the molecule is COc1ccccc1Nc1ncc(Cl)c(-c2cnn(-c3ccncc3)c2)n1. The molecule has 0 bridgehead atoms. The summed E-state index contributed by atoms with van der Waals surface area (Å²) in [6, 6.07) is 11.3. The van der Waals surface area contributed by atoms with Crippen LogP contribution in [0.2, 0.25) is 5.02 Å². The smallest absolute Gasteiger partial charge is 0.227 e. The van der Waals surface area contributed by atoms with E-state index in [-0.39, 0.29) is 0 Å². The van der Waals surface area contributed by atoms with Crippen molar-refractivity contribution >= 4 is 23.2 Å². The van der Waals surface area contributed by atoms with Crippen molar-refractivity contribution in [3.63, 3.8) is 0 Å². The predicted molar refractivity (Wildman–Crippen MR) is 104 cm³/mol. The largest absolute Gasteiger partial charge is 0.495 e. The van der Waals surface area contributed by atoms with Gasteiger partial charge in [-0.1, -0.05) is 23.7 Å². The molecule has 0 aliphatic carbocycles. The van der Waals surface area contributed by atoms with Crippen LogP contribution >= 0.6 is 11.6 Å². The molecule has 0 aliphatic rings. The van der Waals surface area contributed by atoms with E-state index in [1.54, 1.807) is 36.6 Å². The van der Waals surface area contributed by atoms with Gasteiger partial charge in [0.1, 0.15) is 5.75 Å². The fraction of sp³-hybridized carbons (Fsp3) is 0.0526. The first kappa shape index (κ1) is 17.0. The molecule has 1 aromatic carbocycles. The van der Waals surface area contributed by atoms with Crippen molar-refractivity contribution in [3.05, 3.63) is 72.4 Å². The molecular weight excluding hydrogens is 364 g/mol. The molecule has 3 aromatic heterocycles. The molecule has 0 saturated heterocycles. The first-order valence-corrected chi connectivity index (χ1v) is 8.50. The lowest BCUT2D eigenvalue weighted by atomic mass is 10.2. The summed E-state index contributed by atoms with van der Waals surface area (Å²) in [7, 11) is 1.61. The van der Waals surface area contributed by atoms with Crippen molar-refractivity contribution in [1.82, 2.24) is 24.7 Å². The van der Waals surface area contributed by atoms with Crippen molar-refractivity contribution in [2.75, 3.05) is 12.4 Å². The number of nitrogens with one attached hydrogen (secondary N) is 1. The molecule has 4 rings (SSSR count). The van der Waals surface area contributed by atoms with Crippen LogP contribution < -0.4 is 10.1 Å². The van der Waals surface area contributed by atoms with Crippen molar-refractivity contribution in [2.45, 2.75) is 0 Å². The second kappa shape index (κ2) is 7.43. The summed E-state index contributed by atoms with van der Waals surface area (Å²) in [5.74, 6) is 1.11. The number of aromatic nitrogens is 5. The normalized spacial score (nSPS) is 10.6. The summed E-state index contributed by atoms with van der Waals surface area (Å²) < 4.78 is 7.08. The monoisotopic (exact) mass is 378 g/mol. The highest BCUT2D eigenvalue weighted by molar-refractivity contribution is 6.32. The number of benzene rings is 1. The Morgan fingerprint density at radius 2 is 1.89 bits per heavy atom. The summed E-state index contributed by atoms with van der Waals surface area (Å²) in [5, 5.41) is 7.97. The summed E-state index contributed by atoms with van der Waals surface area (Å²) in [4.78, 5) is 12.8. The molecule has 8 heteroatoms. The third kappa shape index (κ3) is 3.58. The maximum atomic E-state index is 6.32. The Bertz CT molecular complexity index is 1070. The number of rotatable bonds is 5. The zero-order valence-electron chi connectivity index (χ0n) is 14.4. The van der Waals surface area contributed by atoms with E-state index in [1.165, 1.54) is 0 Å². The molecule has 0 aliphatic heterocycles. The quantitative estimate of drug-likeness (QED) is 0.562. The Kier molecular flexibility index (Phi) is 4.67. The molecule has 134 valence electrons. The van der Waals surface area contributed by atoms with E-state index in [0.29, 0.717) is 22.4 Å². The topological polar surface area (TPSA) is 77.8 Å². The zero-order valence-corrected chi connectivity index (χ0v) is 15.1. The third-order valence-electron chi connectivity index (χ3n) is 3.88. The predicted octanol–water partition coefficient (Wildman–Crippen LogP) is 4.13. The standard InChI is InChI=1S/C19H15ClN6O/c1-27-17-5-3-2-4-16(17)24-19-22-11-15(20)18(25-19)13-10-23-26(12-13)14-6-8-21-9-7-14/h2-12H,1H3,(H,22,24,25). The van der Waals surface area contributed by atoms with Crippen LogP contribution in [0.5, 0.6) is 5.75 Å². The van der Waals surface area contributed by atoms with Crippen molar-refractivity contribution in [1.29, 1.82) is 0 Å². The van der Waals surface area contributed by atoms with Crippen LogP contribution in [0.4, 0.5) is 11.6 Å². The first-order valence-electron chi connectivity index (χ1n) is 8.12. The number of anilines is 2. The zero-order chi connectivity index (χ0) is 18.6. The molecule has 3 heterocycles. The van der Waals surface area contributed by atoms with Crippen LogP contribution in [-0.4, -0.2) is 31.8 Å². The molecule has 0 spiro atoms. The van der Waals surface area contributed by atoms with Gasteiger partial charge in [-0.2, -0.15) is 5.10 Å². The number of ether oxygens (including phenoxy) is 1. The minimum Gasteiger partial charge on any atom is -0.495 e. The highest BCUT2D eigenvalue weighted by atomic mass is 35.5. The van der Waals surface area contributed by atoms with Crippen LogP contribution in [0.25, 0.3) is 16.9 Å². The van der Waals surface area contributed by atoms with Crippen LogP contribution in [0.1, 0.15) is 0 Å². The number of pyridine rings is 1. The van der Waals surface area contributed by atoms with E-state index in [0.717, 1.165) is 16.9 Å². The van der Waals surface area contributed by atoms with E-state index < -0.39 is 0 Å². The van der Waals surface area contributed by atoms with Crippen LogP contribution in [0.3, 0.4) is 0 Å². The molecule has 0 radical (unpaired) electrons. The highest BCUT2D eigenvalue weighted by Crippen LogP contribution is 2.29. The summed E-state index contributed by atoms with van der Waals surface area (Å²) in [6.45, 7) is 0. The highest BCUT2D eigenvalue weighted by Gasteiger charge is 2.12. The molecule has 0 fully saturated rings. The molecular formula is C19H15ClN6O. The van der Waals surface area contributed by atoms with Crippen molar-refractivity contribution < 1.29 is 4.74 Å². The minimum atomic E-state index is 0.413. The maximum Gasteiger partial charge on any atom is 0.227 e. The van der Waals surface area contributed by atoms with Gasteiger partial charge in [0.15, 0.2) is 0 Å². The van der Waals surface area contributed by atoms with Crippen LogP contribution in [0, 0.1) is 0 Å². The fourth-order valence-corrected chi connectivity index (χ4v) is 2.78. The van der Waals surface area contributed by atoms with Gasteiger partial charge >= 0.3 is 0 Å². The van der Waals surface area contributed by atoms with Gasteiger partial charge in [0.25, 0.3) is 0 Å². The van der Waals surface area contributed by atoms with Gasteiger partial charge in [0, 0.05) is 24.2 Å². The average molecular weight is 379 g/mol. The van der Waals surface area contributed by atoms with E-state index in [1.807, 2.05) is 42.6 Å². The summed E-state index contributed by atoms with van der Waals surface area (Å²) >= 11 is 6.32.